The summed E-state index contributed by atoms with van der Waals surface area (Å²) in [6.45, 7) is 8.32. The second-order valence-corrected chi connectivity index (χ2v) is 6.58. The van der Waals surface area contributed by atoms with Crippen LogP contribution in [0.4, 0.5) is 0 Å². The van der Waals surface area contributed by atoms with E-state index in [1.807, 2.05) is 6.92 Å². The first kappa shape index (κ1) is 13.8. The number of hydrogen-bond donors (Lipinski definition) is 2. The van der Waals surface area contributed by atoms with Crippen LogP contribution in [0.1, 0.15) is 46.5 Å². The Morgan fingerprint density at radius 1 is 1.33 bits per heavy atom. The standard InChI is InChI=1S/C14H27N3O/c1-10-4-5-11(2)17(8-10)9-14(3,13(15)18)16-12-6-7-12/h10-12,16H,4-9H2,1-3H3,(H2,15,18). The van der Waals surface area contributed by atoms with Crippen LogP contribution in [0, 0.1) is 5.92 Å². The van der Waals surface area contributed by atoms with E-state index in [0.717, 1.165) is 19.0 Å². The highest BCUT2D eigenvalue weighted by Crippen LogP contribution is 2.26. The number of amides is 1. The lowest BCUT2D eigenvalue weighted by Crippen LogP contribution is -2.62. The van der Waals surface area contributed by atoms with Crippen LogP contribution in [0.2, 0.25) is 0 Å². The Kier molecular flexibility index (Phi) is 3.97. The summed E-state index contributed by atoms with van der Waals surface area (Å²) in [7, 11) is 0. The summed E-state index contributed by atoms with van der Waals surface area (Å²) in [6.07, 6.45) is 4.87. The van der Waals surface area contributed by atoms with E-state index < -0.39 is 5.54 Å². The average Bonchev–Trinajstić information content (AvgIpc) is 3.07. The molecule has 2 rings (SSSR count). The van der Waals surface area contributed by atoms with E-state index in [1.165, 1.54) is 25.7 Å². The maximum absolute atomic E-state index is 11.8. The van der Waals surface area contributed by atoms with Crippen LogP contribution in [0.3, 0.4) is 0 Å². The third-order valence-corrected chi connectivity index (χ3v) is 4.41. The first-order valence-corrected chi connectivity index (χ1v) is 7.22. The largest absolute Gasteiger partial charge is 0.368 e. The molecule has 1 amide bonds. The van der Waals surface area contributed by atoms with E-state index in [4.69, 9.17) is 5.73 Å². The van der Waals surface area contributed by atoms with Gasteiger partial charge in [0.2, 0.25) is 5.91 Å². The molecule has 1 saturated carbocycles. The van der Waals surface area contributed by atoms with E-state index >= 15 is 0 Å². The summed E-state index contributed by atoms with van der Waals surface area (Å²) < 4.78 is 0. The highest BCUT2D eigenvalue weighted by Gasteiger charge is 2.40. The fourth-order valence-corrected chi connectivity index (χ4v) is 2.88. The van der Waals surface area contributed by atoms with Crippen molar-refractivity contribution in [3.8, 4) is 0 Å². The summed E-state index contributed by atoms with van der Waals surface area (Å²) in [4.78, 5) is 14.2. The van der Waals surface area contributed by atoms with Crippen LogP contribution in [0.15, 0.2) is 0 Å². The zero-order valence-corrected chi connectivity index (χ0v) is 11.9. The van der Waals surface area contributed by atoms with E-state index in [9.17, 15) is 4.79 Å². The number of hydrogen-bond acceptors (Lipinski definition) is 3. The zero-order valence-electron chi connectivity index (χ0n) is 11.9. The number of carbonyl (C=O) groups is 1. The Labute approximate surface area is 110 Å². The molecule has 0 aromatic carbocycles. The second-order valence-electron chi connectivity index (χ2n) is 6.58. The summed E-state index contributed by atoms with van der Waals surface area (Å²) in [5.74, 6) is 0.499. The lowest BCUT2D eigenvalue weighted by Gasteiger charge is -2.41. The molecule has 1 aliphatic heterocycles. The van der Waals surface area contributed by atoms with Crippen molar-refractivity contribution in [3.05, 3.63) is 0 Å². The van der Waals surface area contributed by atoms with Gasteiger partial charge >= 0.3 is 0 Å². The van der Waals surface area contributed by atoms with Crippen molar-refractivity contribution in [2.75, 3.05) is 13.1 Å². The van der Waals surface area contributed by atoms with Crippen LogP contribution in [0.25, 0.3) is 0 Å². The SMILES string of the molecule is CC1CCC(C)N(CC(C)(NC2CC2)C(N)=O)C1. The quantitative estimate of drug-likeness (QED) is 0.771. The van der Waals surface area contributed by atoms with Crippen molar-refractivity contribution in [3.63, 3.8) is 0 Å². The van der Waals surface area contributed by atoms with Gasteiger partial charge < -0.3 is 5.73 Å². The summed E-state index contributed by atoms with van der Waals surface area (Å²) >= 11 is 0. The Balaban J connectivity index is 2.00. The molecule has 4 heteroatoms. The molecule has 3 N–H and O–H groups in total. The molecule has 1 aliphatic carbocycles. The Hall–Kier alpha value is -0.610. The van der Waals surface area contributed by atoms with E-state index in [1.54, 1.807) is 0 Å². The number of rotatable bonds is 5. The van der Waals surface area contributed by atoms with E-state index in [-0.39, 0.29) is 5.91 Å². The third-order valence-electron chi connectivity index (χ3n) is 4.41. The van der Waals surface area contributed by atoms with Crippen molar-refractivity contribution in [1.82, 2.24) is 10.2 Å². The van der Waals surface area contributed by atoms with Gasteiger partial charge in [0.25, 0.3) is 0 Å². The van der Waals surface area contributed by atoms with Gasteiger partial charge in [-0.3, -0.25) is 15.0 Å². The van der Waals surface area contributed by atoms with Crippen molar-refractivity contribution in [1.29, 1.82) is 0 Å². The molecule has 3 unspecified atom stereocenters. The lowest BCUT2D eigenvalue weighted by atomic mass is 9.92. The van der Waals surface area contributed by atoms with Gasteiger partial charge in [-0.05, 0) is 45.4 Å². The first-order chi connectivity index (χ1) is 8.40. The minimum absolute atomic E-state index is 0.222. The topological polar surface area (TPSA) is 58.4 Å². The Morgan fingerprint density at radius 3 is 2.56 bits per heavy atom. The average molecular weight is 253 g/mol. The number of primary amides is 1. The Morgan fingerprint density at radius 2 is 2.00 bits per heavy atom. The van der Waals surface area contributed by atoms with Crippen molar-refractivity contribution < 1.29 is 4.79 Å². The molecule has 18 heavy (non-hydrogen) atoms. The number of nitrogens with zero attached hydrogens (tertiary/aromatic N) is 1. The molecule has 1 saturated heterocycles. The highest BCUT2D eigenvalue weighted by atomic mass is 16.1. The predicted molar refractivity (Wildman–Crippen MR) is 73.2 cm³/mol. The molecule has 0 aromatic heterocycles. The molecule has 0 spiro atoms. The van der Waals surface area contributed by atoms with Crippen molar-refractivity contribution in [2.24, 2.45) is 11.7 Å². The van der Waals surface area contributed by atoms with Gasteiger partial charge in [-0.1, -0.05) is 6.92 Å². The molecular formula is C14H27N3O. The van der Waals surface area contributed by atoms with Gasteiger partial charge in [-0.15, -0.1) is 0 Å². The van der Waals surface area contributed by atoms with Gasteiger partial charge in [0.1, 0.15) is 5.54 Å². The monoisotopic (exact) mass is 253 g/mol. The lowest BCUT2D eigenvalue weighted by molar-refractivity contribution is -0.125. The maximum Gasteiger partial charge on any atom is 0.238 e. The Bertz CT molecular complexity index is 316. The second kappa shape index (κ2) is 5.17. The maximum atomic E-state index is 11.8. The molecule has 104 valence electrons. The number of piperidine rings is 1. The fourth-order valence-electron chi connectivity index (χ4n) is 2.88. The van der Waals surface area contributed by atoms with Crippen molar-refractivity contribution in [2.45, 2.75) is 64.1 Å². The minimum atomic E-state index is -0.577. The zero-order chi connectivity index (χ0) is 13.3. The number of nitrogens with two attached hydrogens (primary N) is 1. The predicted octanol–water partition coefficient (Wildman–Crippen LogP) is 1.10. The van der Waals surface area contributed by atoms with Crippen LogP contribution in [-0.4, -0.2) is 41.5 Å². The van der Waals surface area contributed by atoms with Crippen LogP contribution < -0.4 is 11.1 Å². The number of nitrogens with one attached hydrogen (secondary N) is 1. The highest BCUT2D eigenvalue weighted by molar-refractivity contribution is 5.84. The van der Waals surface area contributed by atoms with Crippen LogP contribution in [-0.2, 0) is 4.79 Å². The molecule has 1 heterocycles. The number of likely N-dealkylation sites (tertiary alicyclic amines) is 1. The van der Waals surface area contributed by atoms with Crippen LogP contribution in [0.5, 0.6) is 0 Å². The summed E-state index contributed by atoms with van der Waals surface area (Å²) in [5, 5.41) is 3.43. The molecule has 2 aliphatic rings. The molecule has 0 aromatic rings. The van der Waals surface area contributed by atoms with E-state index in [2.05, 4.69) is 24.1 Å². The normalized spacial score (nSPS) is 33.1. The van der Waals surface area contributed by atoms with Gasteiger partial charge in [-0.2, -0.15) is 0 Å². The fraction of sp³-hybridized carbons (Fsp3) is 0.929. The molecule has 2 fully saturated rings. The van der Waals surface area contributed by atoms with Crippen molar-refractivity contribution >= 4 is 5.91 Å². The van der Waals surface area contributed by atoms with E-state index in [0.29, 0.717) is 12.1 Å². The molecule has 3 atom stereocenters. The molecule has 0 radical (unpaired) electrons. The first-order valence-electron chi connectivity index (χ1n) is 7.22. The minimum Gasteiger partial charge on any atom is -0.368 e. The van der Waals surface area contributed by atoms with Gasteiger partial charge in [-0.25, -0.2) is 0 Å². The molecular weight excluding hydrogens is 226 g/mol. The van der Waals surface area contributed by atoms with Crippen LogP contribution >= 0.6 is 0 Å². The number of carbonyl (C=O) groups excluding carboxylic acids is 1. The van der Waals surface area contributed by atoms with Gasteiger partial charge in [0.15, 0.2) is 0 Å². The smallest absolute Gasteiger partial charge is 0.238 e. The summed E-state index contributed by atoms with van der Waals surface area (Å²) in [6, 6.07) is 1.06. The third kappa shape index (κ3) is 3.23. The molecule has 4 nitrogen and oxygen atoms in total. The summed E-state index contributed by atoms with van der Waals surface area (Å²) in [5.41, 5.74) is 5.04. The van der Waals surface area contributed by atoms with Gasteiger partial charge in [0, 0.05) is 25.2 Å². The van der Waals surface area contributed by atoms with Gasteiger partial charge in [0.05, 0.1) is 0 Å². The molecule has 0 bridgehead atoms.